The zero-order valence-corrected chi connectivity index (χ0v) is 15.2. The van der Waals surface area contributed by atoms with Gasteiger partial charge >= 0.3 is 0 Å². The predicted octanol–water partition coefficient (Wildman–Crippen LogP) is 2.54. The number of hydrogen-bond acceptors (Lipinski definition) is 6. The fourth-order valence-corrected chi connectivity index (χ4v) is 3.70. The highest BCUT2D eigenvalue weighted by molar-refractivity contribution is 5.94. The van der Waals surface area contributed by atoms with Crippen LogP contribution >= 0.6 is 0 Å². The summed E-state index contributed by atoms with van der Waals surface area (Å²) in [4.78, 5) is 16.6. The van der Waals surface area contributed by atoms with Gasteiger partial charge in [0, 0.05) is 30.3 Å². The standard InChI is InChI=1S/C20H18N4O4/c1-26-16-5-13(6-17-19(16)28-11-27-17)14-7-18(25)23-20-15(14)9-22-24(20)10-12-3-2-4-21-8-12/h2-6,8-9,14H,7,10-11H2,1H3,(H,23,25)/t14-/m0/s1. The molecule has 0 saturated carbocycles. The molecule has 0 radical (unpaired) electrons. The van der Waals surface area contributed by atoms with Crippen LogP contribution in [-0.2, 0) is 11.3 Å². The quantitative estimate of drug-likeness (QED) is 0.751. The molecule has 8 nitrogen and oxygen atoms in total. The molecular formula is C20H18N4O4. The van der Waals surface area contributed by atoms with Gasteiger partial charge < -0.3 is 19.5 Å². The number of fused-ring (bicyclic) bond motifs is 2. The molecule has 0 spiro atoms. The zero-order chi connectivity index (χ0) is 19.1. The number of nitrogens with one attached hydrogen (secondary N) is 1. The Balaban J connectivity index is 1.54. The monoisotopic (exact) mass is 378 g/mol. The lowest BCUT2D eigenvalue weighted by Crippen LogP contribution is -2.25. The number of carbonyl (C=O) groups excluding carboxylic acids is 1. The van der Waals surface area contributed by atoms with Gasteiger partial charge in [0.25, 0.3) is 0 Å². The van der Waals surface area contributed by atoms with E-state index in [1.165, 1.54) is 0 Å². The van der Waals surface area contributed by atoms with Crippen LogP contribution in [0.4, 0.5) is 5.82 Å². The van der Waals surface area contributed by atoms with Crippen LogP contribution in [0.25, 0.3) is 0 Å². The van der Waals surface area contributed by atoms with Gasteiger partial charge in [-0.25, -0.2) is 4.68 Å². The number of rotatable bonds is 4. The SMILES string of the molecule is COc1cc([C@@H]2CC(=O)Nc3c2cnn3Cc2cccnc2)cc2c1OCO2. The Bertz CT molecular complexity index is 1050. The Hall–Kier alpha value is -3.55. The van der Waals surface area contributed by atoms with Crippen LogP contribution in [0.15, 0.2) is 42.9 Å². The van der Waals surface area contributed by atoms with Crippen molar-refractivity contribution >= 4 is 11.7 Å². The molecule has 0 saturated heterocycles. The van der Waals surface area contributed by atoms with E-state index in [1.807, 2.05) is 30.5 Å². The highest BCUT2D eigenvalue weighted by Crippen LogP contribution is 2.46. The molecule has 4 heterocycles. The fraction of sp³-hybridized carbons (Fsp3) is 0.250. The number of aromatic nitrogens is 3. The summed E-state index contributed by atoms with van der Waals surface area (Å²) in [6.07, 6.45) is 5.66. The Morgan fingerprint density at radius 3 is 3.07 bits per heavy atom. The molecule has 2 aliphatic heterocycles. The van der Waals surface area contributed by atoms with E-state index in [4.69, 9.17) is 14.2 Å². The highest BCUT2D eigenvalue weighted by atomic mass is 16.7. The van der Waals surface area contributed by atoms with Gasteiger partial charge in [-0.15, -0.1) is 0 Å². The Morgan fingerprint density at radius 2 is 2.25 bits per heavy atom. The van der Waals surface area contributed by atoms with E-state index >= 15 is 0 Å². The maximum atomic E-state index is 12.4. The van der Waals surface area contributed by atoms with Crippen LogP contribution in [0.5, 0.6) is 17.2 Å². The predicted molar refractivity (Wildman–Crippen MR) is 99.8 cm³/mol. The van der Waals surface area contributed by atoms with Crippen molar-refractivity contribution in [2.45, 2.75) is 18.9 Å². The van der Waals surface area contributed by atoms with Gasteiger partial charge in [-0.05, 0) is 29.3 Å². The Kier molecular flexibility index (Phi) is 3.89. The number of nitrogens with zero attached hydrogens (tertiary/aromatic N) is 3. The van der Waals surface area contributed by atoms with Gasteiger partial charge in [0.15, 0.2) is 11.5 Å². The first kappa shape index (κ1) is 16.6. The molecule has 2 aliphatic rings. The molecule has 0 unspecified atom stereocenters. The van der Waals surface area contributed by atoms with E-state index in [1.54, 1.807) is 24.2 Å². The smallest absolute Gasteiger partial charge is 0.231 e. The number of ether oxygens (including phenoxy) is 3. The van der Waals surface area contributed by atoms with Crippen molar-refractivity contribution in [3.05, 3.63) is 59.5 Å². The summed E-state index contributed by atoms with van der Waals surface area (Å²) >= 11 is 0. The molecule has 0 fully saturated rings. The summed E-state index contributed by atoms with van der Waals surface area (Å²) in [5.74, 6) is 2.34. The van der Waals surface area contributed by atoms with Crippen LogP contribution < -0.4 is 19.5 Å². The van der Waals surface area contributed by atoms with Crippen LogP contribution in [0, 0.1) is 0 Å². The first-order chi connectivity index (χ1) is 13.7. The van der Waals surface area contributed by atoms with Crippen LogP contribution in [0.2, 0.25) is 0 Å². The largest absolute Gasteiger partial charge is 0.493 e. The molecule has 5 rings (SSSR count). The molecule has 28 heavy (non-hydrogen) atoms. The maximum Gasteiger partial charge on any atom is 0.231 e. The van der Waals surface area contributed by atoms with Gasteiger partial charge in [-0.1, -0.05) is 6.07 Å². The summed E-state index contributed by atoms with van der Waals surface area (Å²) < 4.78 is 18.3. The number of pyridine rings is 1. The fourth-order valence-electron chi connectivity index (χ4n) is 3.70. The van der Waals surface area contributed by atoms with Gasteiger partial charge in [0.1, 0.15) is 5.82 Å². The van der Waals surface area contributed by atoms with E-state index in [0.717, 1.165) is 16.7 Å². The minimum absolute atomic E-state index is 0.0536. The topological polar surface area (TPSA) is 87.5 Å². The van der Waals surface area contributed by atoms with Crippen LogP contribution in [-0.4, -0.2) is 34.6 Å². The minimum atomic E-state index is -0.144. The molecule has 1 amide bonds. The molecule has 0 bridgehead atoms. The van der Waals surface area contributed by atoms with Gasteiger partial charge in [-0.2, -0.15) is 5.10 Å². The first-order valence-electron chi connectivity index (χ1n) is 8.95. The number of benzene rings is 1. The van der Waals surface area contributed by atoms with Crippen molar-refractivity contribution in [3.63, 3.8) is 0 Å². The summed E-state index contributed by atoms with van der Waals surface area (Å²) in [7, 11) is 1.59. The third-order valence-corrected chi connectivity index (χ3v) is 5.03. The lowest BCUT2D eigenvalue weighted by atomic mass is 9.87. The maximum absolute atomic E-state index is 12.4. The molecular weight excluding hydrogens is 360 g/mol. The van der Waals surface area contributed by atoms with E-state index < -0.39 is 0 Å². The lowest BCUT2D eigenvalue weighted by molar-refractivity contribution is -0.116. The number of hydrogen-bond donors (Lipinski definition) is 1. The van der Waals surface area contributed by atoms with Crippen molar-refractivity contribution in [1.29, 1.82) is 0 Å². The van der Waals surface area contributed by atoms with Crippen molar-refractivity contribution in [2.24, 2.45) is 0 Å². The third kappa shape index (κ3) is 2.74. The number of amides is 1. The lowest BCUT2D eigenvalue weighted by Gasteiger charge is -2.24. The second-order valence-corrected chi connectivity index (χ2v) is 6.73. The minimum Gasteiger partial charge on any atom is -0.493 e. The molecule has 142 valence electrons. The Labute approximate surface area is 161 Å². The van der Waals surface area contributed by atoms with E-state index in [2.05, 4.69) is 15.4 Å². The Morgan fingerprint density at radius 1 is 1.32 bits per heavy atom. The van der Waals surface area contributed by atoms with Crippen molar-refractivity contribution in [2.75, 3.05) is 19.2 Å². The van der Waals surface area contributed by atoms with Gasteiger partial charge in [-0.3, -0.25) is 9.78 Å². The first-order valence-corrected chi connectivity index (χ1v) is 8.95. The number of carbonyl (C=O) groups is 1. The second-order valence-electron chi connectivity index (χ2n) is 6.73. The van der Waals surface area contributed by atoms with Crippen LogP contribution in [0.1, 0.15) is 29.0 Å². The van der Waals surface area contributed by atoms with Gasteiger partial charge in [0.05, 0.1) is 19.9 Å². The highest BCUT2D eigenvalue weighted by Gasteiger charge is 2.32. The van der Waals surface area contributed by atoms with E-state index in [9.17, 15) is 4.79 Å². The molecule has 2 aromatic heterocycles. The van der Waals surface area contributed by atoms with E-state index in [0.29, 0.717) is 36.0 Å². The van der Waals surface area contributed by atoms with Crippen molar-refractivity contribution in [3.8, 4) is 17.2 Å². The average molecular weight is 378 g/mol. The summed E-state index contributed by atoms with van der Waals surface area (Å²) in [6.45, 7) is 0.690. The number of anilines is 1. The normalized spacial score (nSPS) is 17.2. The molecule has 8 heteroatoms. The summed E-state index contributed by atoms with van der Waals surface area (Å²) in [6, 6.07) is 7.67. The molecule has 1 N–H and O–H groups in total. The average Bonchev–Trinajstić information content (AvgIpc) is 3.35. The van der Waals surface area contributed by atoms with Gasteiger partial charge in [0.2, 0.25) is 18.4 Å². The third-order valence-electron chi connectivity index (χ3n) is 5.03. The van der Waals surface area contributed by atoms with Crippen molar-refractivity contribution in [1.82, 2.24) is 14.8 Å². The molecule has 1 aromatic carbocycles. The summed E-state index contributed by atoms with van der Waals surface area (Å²) in [5.41, 5.74) is 2.90. The second kappa shape index (κ2) is 6.56. The zero-order valence-electron chi connectivity index (χ0n) is 15.2. The number of methoxy groups -OCH3 is 1. The van der Waals surface area contributed by atoms with E-state index in [-0.39, 0.29) is 18.6 Å². The summed E-state index contributed by atoms with van der Waals surface area (Å²) in [5, 5.41) is 7.47. The molecule has 1 atom stereocenters. The molecule has 3 aromatic rings. The van der Waals surface area contributed by atoms with Crippen LogP contribution in [0.3, 0.4) is 0 Å². The molecule has 0 aliphatic carbocycles. The van der Waals surface area contributed by atoms with Crippen molar-refractivity contribution < 1.29 is 19.0 Å².